The molecule has 1 aliphatic heterocycles. The molecule has 0 spiro atoms. The number of nitrogens with one attached hydrogen (secondary N) is 2. The van der Waals surface area contributed by atoms with Crippen LogP contribution in [0.1, 0.15) is 6.92 Å². The SMILES string of the molecule is CCNC(=O)C1COCCN1c1cc(NN)nc(N)n1. The molecule has 9 nitrogen and oxygen atoms in total. The zero-order valence-electron chi connectivity index (χ0n) is 11.3. The van der Waals surface area contributed by atoms with Gasteiger partial charge in [0.05, 0.1) is 13.2 Å². The number of nitrogens with zero attached hydrogens (tertiary/aromatic N) is 3. The third-order valence-electron chi connectivity index (χ3n) is 2.95. The van der Waals surface area contributed by atoms with Crippen molar-refractivity contribution in [2.45, 2.75) is 13.0 Å². The summed E-state index contributed by atoms with van der Waals surface area (Å²) in [5.74, 6) is 6.27. The summed E-state index contributed by atoms with van der Waals surface area (Å²) in [6.45, 7) is 3.80. The van der Waals surface area contributed by atoms with Gasteiger partial charge in [-0.3, -0.25) is 4.79 Å². The summed E-state index contributed by atoms with van der Waals surface area (Å²) < 4.78 is 5.37. The number of hydrogen-bond donors (Lipinski definition) is 4. The van der Waals surface area contributed by atoms with Crippen molar-refractivity contribution in [3.8, 4) is 0 Å². The number of carbonyl (C=O) groups excluding carboxylic acids is 1. The molecule has 1 unspecified atom stereocenters. The van der Waals surface area contributed by atoms with Crippen molar-refractivity contribution in [1.29, 1.82) is 0 Å². The standard InChI is InChI=1S/C11H19N7O2/c1-2-14-10(19)7-6-20-4-3-18(7)9-5-8(17-13)15-11(12)16-9/h5,7H,2-4,6,13H2,1H3,(H,14,19)(H3,12,15,16,17). The van der Waals surface area contributed by atoms with Gasteiger partial charge in [0.2, 0.25) is 11.9 Å². The second kappa shape index (κ2) is 6.35. The maximum absolute atomic E-state index is 12.1. The Balaban J connectivity index is 2.27. The van der Waals surface area contributed by atoms with Gasteiger partial charge in [-0.2, -0.15) is 9.97 Å². The number of anilines is 3. The van der Waals surface area contributed by atoms with Gasteiger partial charge >= 0.3 is 0 Å². The highest BCUT2D eigenvalue weighted by atomic mass is 16.5. The summed E-state index contributed by atoms with van der Waals surface area (Å²) in [4.78, 5) is 22.0. The van der Waals surface area contributed by atoms with Gasteiger partial charge in [0, 0.05) is 19.2 Å². The minimum Gasteiger partial charge on any atom is -0.377 e. The van der Waals surface area contributed by atoms with E-state index in [1.54, 1.807) is 6.07 Å². The fraction of sp³-hybridized carbons (Fsp3) is 0.545. The molecule has 1 fully saturated rings. The van der Waals surface area contributed by atoms with E-state index < -0.39 is 6.04 Å². The van der Waals surface area contributed by atoms with Crippen molar-refractivity contribution in [3.05, 3.63) is 6.07 Å². The second-order valence-electron chi connectivity index (χ2n) is 4.29. The molecule has 0 radical (unpaired) electrons. The van der Waals surface area contributed by atoms with Crippen LogP contribution >= 0.6 is 0 Å². The van der Waals surface area contributed by atoms with E-state index in [1.165, 1.54) is 0 Å². The van der Waals surface area contributed by atoms with Crippen molar-refractivity contribution < 1.29 is 9.53 Å². The van der Waals surface area contributed by atoms with Crippen LogP contribution in [-0.4, -0.2) is 48.2 Å². The molecule has 1 aromatic heterocycles. The third-order valence-corrected chi connectivity index (χ3v) is 2.95. The minimum absolute atomic E-state index is 0.0941. The lowest BCUT2D eigenvalue weighted by molar-refractivity contribution is -0.124. The quantitative estimate of drug-likeness (QED) is 0.395. The van der Waals surface area contributed by atoms with E-state index in [4.69, 9.17) is 16.3 Å². The lowest BCUT2D eigenvalue weighted by Gasteiger charge is -2.35. The summed E-state index contributed by atoms with van der Waals surface area (Å²) in [5, 5.41) is 2.78. The molecule has 110 valence electrons. The molecule has 6 N–H and O–H groups in total. The van der Waals surface area contributed by atoms with Crippen molar-refractivity contribution in [3.63, 3.8) is 0 Å². The average molecular weight is 281 g/mol. The Kier molecular flexibility index (Phi) is 4.53. The average Bonchev–Trinajstić information content (AvgIpc) is 2.46. The van der Waals surface area contributed by atoms with Crippen LogP contribution in [0, 0.1) is 0 Å². The van der Waals surface area contributed by atoms with Crippen LogP contribution in [0.25, 0.3) is 0 Å². The molecule has 1 atom stereocenters. The highest BCUT2D eigenvalue weighted by Gasteiger charge is 2.30. The molecule has 0 bridgehead atoms. The summed E-state index contributed by atoms with van der Waals surface area (Å²) >= 11 is 0. The summed E-state index contributed by atoms with van der Waals surface area (Å²) in [5.41, 5.74) is 8.07. The molecule has 2 heterocycles. The van der Waals surface area contributed by atoms with Crippen molar-refractivity contribution in [1.82, 2.24) is 15.3 Å². The van der Waals surface area contributed by atoms with Crippen LogP contribution in [0.5, 0.6) is 0 Å². The van der Waals surface area contributed by atoms with Crippen LogP contribution in [0.4, 0.5) is 17.6 Å². The normalized spacial score (nSPS) is 18.7. The van der Waals surface area contributed by atoms with Crippen LogP contribution < -0.4 is 27.2 Å². The van der Waals surface area contributed by atoms with Crippen LogP contribution in [-0.2, 0) is 9.53 Å². The van der Waals surface area contributed by atoms with E-state index in [9.17, 15) is 4.79 Å². The molecule has 0 aliphatic carbocycles. The van der Waals surface area contributed by atoms with E-state index in [0.29, 0.717) is 37.9 Å². The molecule has 2 rings (SSSR count). The van der Waals surface area contributed by atoms with E-state index >= 15 is 0 Å². The summed E-state index contributed by atoms with van der Waals surface area (Å²) in [6, 6.07) is 1.21. The van der Waals surface area contributed by atoms with Gasteiger partial charge in [-0.25, -0.2) is 5.84 Å². The van der Waals surface area contributed by atoms with E-state index in [2.05, 4.69) is 20.7 Å². The Morgan fingerprint density at radius 3 is 3.10 bits per heavy atom. The van der Waals surface area contributed by atoms with E-state index in [-0.39, 0.29) is 11.9 Å². The maximum Gasteiger partial charge on any atom is 0.245 e. The topological polar surface area (TPSA) is 131 Å². The second-order valence-corrected chi connectivity index (χ2v) is 4.29. The van der Waals surface area contributed by atoms with Crippen LogP contribution in [0.3, 0.4) is 0 Å². The molecule has 1 saturated heterocycles. The Hall–Kier alpha value is -2.13. The molecule has 1 aromatic rings. The Bertz CT molecular complexity index is 482. The number of carbonyl (C=O) groups is 1. The molecule has 20 heavy (non-hydrogen) atoms. The molecular formula is C11H19N7O2. The van der Waals surface area contributed by atoms with E-state index in [0.717, 1.165) is 0 Å². The minimum atomic E-state index is -0.441. The highest BCUT2D eigenvalue weighted by molar-refractivity contribution is 5.85. The first kappa shape index (κ1) is 14.3. The van der Waals surface area contributed by atoms with Crippen molar-refractivity contribution >= 4 is 23.5 Å². The van der Waals surface area contributed by atoms with Gasteiger partial charge in [0.1, 0.15) is 17.7 Å². The van der Waals surface area contributed by atoms with Gasteiger partial charge < -0.3 is 26.1 Å². The van der Waals surface area contributed by atoms with Gasteiger partial charge in [0.15, 0.2) is 0 Å². The smallest absolute Gasteiger partial charge is 0.245 e. The zero-order chi connectivity index (χ0) is 14.5. The Morgan fingerprint density at radius 2 is 2.40 bits per heavy atom. The number of morpholine rings is 1. The summed E-state index contributed by atoms with van der Waals surface area (Å²) in [6.07, 6.45) is 0. The monoisotopic (exact) mass is 281 g/mol. The number of hydrogen-bond acceptors (Lipinski definition) is 8. The molecule has 0 aromatic carbocycles. The number of nitrogens with two attached hydrogens (primary N) is 2. The van der Waals surface area contributed by atoms with Crippen LogP contribution in [0.2, 0.25) is 0 Å². The lowest BCUT2D eigenvalue weighted by Crippen LogP contribution is -2.54. The third kappa shape index (κ3) is 3.06. The first-order valence-corrected chi connectivity index (χ1v) is 6.39. The molecule has 1 aliphatic rings. The van der Waals surface area contributed by atoms with E-state index in [1.807, 2.05) is 11.8 Å². The first-order valence-electron chi connectivity index (χ1n) is 6.39. The molecule has 9 heteroatoms. The lowest BCUT2D eigenvalue weighted by atomic mass is 10.2. The number of ether oxygens (including phenoxy) is 1. The maximum atomic E-state index is 12.1. The van der Waals surface area contributed by atoms with Gasteiger partial charge in [-0.1, -0.05) is 0 Å². The summed E-state index contributed by atoms with van der Waals surface area (Å²) in [7, 11) is 0. The van der Waals surface area contributed by atoms with Gasteiger partial charge in [-0.15, -0.1) is 0 Å². The number of hydrazine groups is 1. The zero-order valence-corrected chi connectivity index (χ0v) is 11.3. The number of aromatic nitrogens is 2. The number of amides is 1. The predicted molar refractivity (Wildman–Crippen MR) is 74.9 cm³/mol. The van der Waals surface area contributed by atoms with Gasteiger partial charge in [0.25, 0.3) is 0 Å². The van der Waals surface area contributed by atoms with Crippen molar-refractivity contribution in [2.24, 2.45) is 5.84 Å². The fourth-order valence-electron chi connectivity index (χ4n) is 2.06. The highest BCUT2D eigenvalue weighted by Crippen LogP contribution is 2.21. The van der Waals surface area contributed by atoms with Crippen LogP contribution in [0.15, 0.2) is 6.07 Å². The first-order chi connectivity index (χ1) is 9.65. The molecular weight excluding hydrogens is 262 g/mol. The fourth-order valence-corrected chi connectivity index (χ4v) is 2.06. The Labute approximate surface area is 116 Å². The van der Waals surface area contributed by atoms with Gasteiger partial charge in [-0.05, 0) is 6.92 Å². The molecule has 1 amide bonds. The van der Waals surface area contributed by atoms with Crippen molar-refractivity contribution in [2.75, 3.05) is 42.4 Å². The number of rotatable bonds is 4. The number of likely N-dealkylation sites (N-methyl/N-ethyl adjacent to an activating group) is 1. The molecule has 0 saturated carbocycles. The number of nitrogen functional groups attached to an aromatic ring is 2. The predicted octanol–water partition coefficient (Wildman–Crippen LogP) is -1.31. The largest absolute Gasteiger partial charge is 0.377 e. The Morgan fingerprint density at radius 1 is 1.60 bits per heavy atom.